The number of benzene rings is 2. The Hall–Kier alpha value is -1.69. The first kappa shape index (κ1) is 14.3. The van der Waals surface area contributed by atoms with Gasteiger partial charge in [-0.05, 0) is 34.5 Å². The van der Waals surface area contributed by atoms with Crippen molar-refractivity contribution in [2.24, 2.45) is 0 Å². The second-order valence-corrected chi connectivity index (χ2v) is 7.87. The minimum Gasteiger partial charge on any atom is -0.384 e. The van der Waals surface area contributed by atoms with E-state index in [2.05, 4.69) is 0 Å². The molecule has 0 bridgehead atoms. The van der Waals surface area contributed by atoms with Crippen LogP contribution in [-0.4, -0.2) is 19.8 Å². The number of thiophene rings is 1. The Labute approximate surface area is 127 Å². The zero-order valence-electron chi connectivity index (χ0n) is 11.4. The zero-order valence-corrected chi connectivity index (χ0v) is 13.0. The molecule has 0 aliphatic carbocycles. The number of aliphatic hydroxyl groups is 1. The van der Waals surface area contributed by atoms with Gasteiger partial charge in [0.1, 0.15) is 6.10 Å². The number of aliphatic hydroxyl groups excluding tert-OH is 1. The molecule has 0 saturated heterocycles. The molecule has 2 aromatic carbocycles. The normalized spacial score (nSPS) is 13.4. The molecule has 0 spiro atoms. The first-order valence-electron chi connectivity index (χ1n) is 6.41. The molecule has 0 saturated carbocycles. The molecule has 3 nitrogen and oxygen atoms in total. The van der Waals surface area contributed by atoms with Crippen LogP contribution < -0.4 is 0 Å². The third-order valence-corrected chi connectivity index (χ3v) is 5.50. The highest BCUT2D eigenvalue weighted by Gasteiger charge is 2.16. The molecule has 0 amide bonds. The van der Waals surface area contributed by atoms with Crippen molar-refractivity contribution in [3.05, 3.63) is 65.0 Å². The first-order chi connectivity index (χ1) is 9.97. The van der Waals surface area contributed by atoms with E-state index in [9.17, 15) is 13.5 Å². The maximum Gasteiger partial charge on any atom is 0.175 e. The van der Waals surface area contributed by atoms with E-state index in [1.54, 1.807) is 23.5 Å². The summed E-state index contributed by atoms with van der Waals surface area (Å²) in [4.78, 5) is 0.220. The van der Waals surface area contributed by atoms with Crippen molar-refractivity contribution in [2.45, 2.75) is 11.0 Å². The lowest BCUT2D eigenvalue weighted by atomic mass is 10.0. The number of rotatable bonds is 3. The van der Waals surface area contributed by atoms with E-state index in [4.69, 9.17) is 0 Å². The van der Waals surface area contributed by atoms with Gasteiger partial charge < -0.3 is 5.11 Å². The van der Waals surface area contributed by atoms with Crippen LogP contribution in [0.4, 0.5) is 0 Å². The van der Waals surface area contributed by atoms with Gasteiger partial charge in [0.2, 0.25) is 0 Å². The Kier molecular flexibility index (Phi) is 3.57. The van der Waals surface area contributed by atoms with Crippen molar-refractivity contribution in [1.29, 1.82) is 0 Å². The highest BCUT2D eigenvalue weighted by atomic mass is 32.2. The van der Waals surface area contributed by atoms with Crippen LogP contribution in [0.25, 0.3) is 10.1 Å². The first-order valence-corrected chi connectivity index (χ1v) is 9.18. The number of fused-ring (bicyclic) bond motifs is 1. The van der Waals surface area contributed by atoms with Crippen molar-refractivity contribution in [3.8, 4) is 0 Å². The highest BCUT2D eigenvalue weighted by molar-refractivity contribution is 7.90. The van der Waals surface area contributed by atoms with E-state index in [-0.39, 0.29) is 4.90 Å². The van der Waals surface area contributed by atoms with Crippen molar-refractivity contribution in [2.75, 3.05) is 6.26 Å². The molecule has 108 valence electrons. The largest absolute Gasteiger partial charge is 0.384 e. The van der Waals surface area contributed by atoms with Gasteiger partial charge in [-0.15, -0.1) is 11.3 Å². The number of hydrogen-bond acceptors (Lipinski definition) is 4. The minimum atomic E-state index is -3.28. The summed E-state index contributed by atoms with van der Waals surface area (Å²) in [5.41, 5.74) is 1.38. The van der Waals surface area contributed by atoms with Crippen LogP contribution in [0.15, 0.2) is 58.8 Å². The SMILES string of the molecule is CS(=O)(=O)c1cccc(C(O)c2cccc3ccsc23)c1. The predicted molar refractivity (Wildman–Crippen MR) is 85.4 cm³/mol. The maximum absolute atomic E-state index is 11.6. The Morgan fingerprint density at radius 1 is 1.10 bits per heavy atom. The third-order valence-electron chi connectivity index (χ3n) is 3.41. The molecular formula is C16H14O3S2. The van der Waals surface area contributed by atoms with Crippen LogP contribution in [0.5, 0.6) is 0 Å². The van der Waals surface area contributed by atoms with E-state index < -0.39 is 15.9 Å². The second-order valence-electron chi connectivity index (χ2n) is 4.93. The molecule has 1 heterocycles. The summed E-state index contributed by atoms with van der Waals surface area (Å²) in [7, 11) is -3.28. The quantitative estimate of drug-likeness (QED) is 0.805. The Morgan fingerprint density at radius 3 is 2.62 bits per heavy atom. The van der Waals surface area contributed by atoms with Gasteiger partial charge in [-0.1, -0.05) is 30.3 Å². The van der Waals surface area contributed by atoms with E-state index in [1.165, 1.54) is 18.4 Å². The fourth-order valence-corrected chi connectivity index (χ4v) is 3.94. The van der Waals surface area contributed by atoms with Gasteiger partial charge >= 0.3 is 0 Å². The smallest absolute Gasteiger partial charge is 0.175 e. The summed E-state index contributed by atoms with van der Waals surface area (Å²) in [6.07, 6.45) is 0.326. The molecule has 1 aromatic heterocycles. The van der Waals surface area contributed by atoms with Gasteiger partial charge in [-0.2, -0.15) is 0 Å². The molecule has 1 atom stereocenters. The lowest BCUT2D eigenvalue weighted by molar-refractivity contribution is 0.222. The van der Waals surface area contributed by atoms with Crippen LogP contribution in [0.3, 0.4) is 0 Å². The maximum atomic E-state index is 11.6. The summed E-state index contributed by atoms with van der Waals surface area (Å²) in [5.74, 6) is 0. The average Bonchev–Trinajstić information content (AvgIpc) is 2.94. The lowest BCUT2D eigenvalue weighted by Gasteiger charge is -2.13. The lowest BCUT2D eigenvalue weighted by Crippen LogP contribution is -2.03. The molecule has 5 heteroatoms. The monoisotopic (exact) mass is 318 g/mol. The molecule has 0 aliphatic rings. The zero-order chi connectivity index (χ0) is 15.0. The van der Waals surface area contributed by atoms with Crippen LogP contribution in [0, 0.1) is 0 Å². The number of sulfone groups is 1. The topological polar surface area (TPSA) is 54.4 Å². The molecule has 0 aliphatic heterocycles. The third kappa shape index (κ3) is 2.72. The minimum absolute atomic E-state index is 0.220. The molecule has 0 fully saturated rings. The predicted octanol–water partition coefficient (Wildman–Crippen LogP) is 3.39. The summed E-state index contributed by atoms with van der Waals surface area (Å²) in [6.45, 7) is 0. The van der Waals surface area contributed by atoms with Gasteiger partial charge in [0.05, 0.1) is 4.90 Å². The molecule has 0 radical (unpaired) electrons. The number of hydrogen-bond donors (Lipinski definition) is 1. The Morgan fingerprint density at radius 2 is 1.86 bits per heavy atom. The van der Waals surface area contributed by atoms with Gasteiger partial charge in [-0.3, -0.25) is 0 Å². The second kappa shape index (κ2) is 5.26. The summed E-state index contributed by atoms with van der Waals surface area (Å²) in [6, 6.07) is 14.2. The molecule has 3 aromatic rings. The van der Waals surface area contributed by atoms with E-state index in [0.29, 0.717) is 5.56 Å². The van der Waals surface area contributed by atoms with Gasteiger partial charge in [0, 0.05) is 16.5 Å². The van der Waals surface area contributed by atoms with Crippen molar-refractivity contribution in [1.82, 2.24) is 0 Å². The van der Waals surface area contributed by atoms with Crippen LogP contribution in [0.1, 0.15) is 17.2 Å². The van der Waals surface area contributed by atoms with Crippen LogP contribution >= 0.6 is 11.3 Å². The molecule has 21 heavy (non-hydrogen) atoms. The van der Waals surface area contributed by atoms with E-state index in [0.717, 1.165) is 15.6 Å². The highest BCUT2D eigenvalue weighted by Crippen LogP contribution is 2.32. The fraction of sp³-hybridized carbons (Fsp3) is 0.125. The van der Waals surface area contributed by atoms with E-state index >= 15 is 0 Å². The summed E-state index contributed by atoms with van der Waals surface area (Å²) >= 11 is 1.57. The van der Waals surface area contributed by atoms with Gasteiger partial charge in [-0.25, -0.2) is 8.42 Å². The summed E-state index contributed by atoms with van der Waals surface area (Å²) in [5, 5.41) is 13.7. The van der Waals surface area contributed by atoms with Crippen molar-refractivity contribution < 1.29 is 13.5 Å². The Bertz CT molecular complexity index is 895. The van der Waals surface area contributed by atoms with E-state index in [1.807, 2.05) is 29.6 Å². The molecule has 1 unspecified atom stereocenters. The van der Waals surface area contributed by atoms with Gasteiger partial charge in [0.25, 0.3) is 0 Å². The summed E-state index contributed by atoms with van der Waals surface area (Å²) < 4.78 is 24.3. The molecule has 1 N–H and O–H groups in total. The van der Waals surface area contributed by atoms with Crippen LogP contribution in [-0.2, 0) is 9.84 Å². The van der Waals surface area contributed by atoms with Crippen molar-refractivity contribution in [3.63, 3.8) is 0 Å². The fourth-order valence-electron chi connectivity index (χ4n) is 2.33. The average molecular weight is 318 g/mol. The van der Waals surface area contributed by atoms with Crippen LogP contribution in [0.2, 0.25) is 0 Å². The Balaban J connectivity index is 2.10. The molecular weight excluding hydrogens is 304 g/mol. The van der Waals surface area contributed by atoms with Gasteiger partial charge in [0.15, 0.2) is 9.84 Å². The standard InChI is InChI=1S/C16H14O3S2/c1-21(18,19)13-6-2-5-12(10-13)15(17)14-7-3-4-11-8-9-20-16(11)14/h2-10,15,17H,1H3. The van der Waals surface area contributed by atoms with Crippen molar-refractivity contribution >= 4 is 31.3 Å². The molecule has 3 rings (SSSR count).